The number of fused-ring (bicyclic) bond motifs is 1. The van der Waals surface area contributed by atoms with Crippen LogP contribution < -0.4 is 4.80 Å². The van der Waals surface area contributed by atoms with Crippen LogP contribution in [0.5, 0.6) is 0 Å². The van der Waals surface area contributed by atoms with Gasteiger partial charge in [-0.25, -0.2) is 0 Å². The van der Waals surface area contributed by atoms with Gasteiger partial charge in [-0.15, -0.1) is 4.40 Å². The van der Waals surface area contributed by atoms with Gasteiger partial charge in [0.25, 0.3) is 10.0 Å². The lowest BCUT2D eigenvalue weighted by atomic mass is 10.3. The minimum Gasteiger partial charge on any atom is -0.468 e. The van der Waals surface area contributed by atoms with E-state index in [9.17, 15) is 13.2 Å². The van der Waals surface area contributed by atoms with E-state index in [2.05, 4.69) is 4.40 Å². The van der Waals surface area contributed by atoms with Gasteiger partial charge in [0.2, 0.25) is 4.80 Å². The van der Waals surface area contributed by atoms with Crippen molar-refractivity contribution in [3.05, 3.63) is 57.3 Å². The molecular weight excluding hydrogens is 419 g/mol. The zero-order chi connectivity index (χ0) is 18.9. The summed E-state index contributed by atoms with van der Waals surface area (Å²) in [6.45, 7) is -0.174. The van der Waals surface area contributed by atoms with Gasteiger partial charge in [-0.3, -0.25) is 4.79 Å². The summed E-state index contributed by atoms with van der Waals surface area (Å²) in [6, 6.07) is 10.7. The number of hydrogen-bond donors (Lipinski definition) is 0. The average molecular weight is 431 g/mol. The van der Waals surface area contributed by atoms with Crippen molar-refractivity contribution in [2.24, 2.45) is 4.40 Å². The maximum Gasteiger partial charge on any atom is 0.325 e. The molecular formula is C16H12Cl2N2O4S2. The highest BCUT2D eigenvalue weighted by atomic mass is 35.5. The van der Waals surface area contributed by atoms with E-state index in [0.29, 0.717) is 20.3 Å². The van der Waals surface area contributed by atoms with Crippen LogP contribution in [0.15, 0.2) is 51.8 Å². The third kappa shape index (κ3) is 3.93. The number of hydrogen-bond acceptors (Lipinski definition) is 5. The van der Waals surface area contributed by atoms with Gasteiger partial charge in [-0.05, 0) is 42.5 Å². The summed E-state index contributed by atoms with van der Waals surface area (Å²) in [5.41, 5.74) is 0.634. The van der Waals surface area contributed by atoms with Crippen LogP contribution in [0.4, 0.5) is 0 Å². The number of ether oxygens (including phenoxy) is 1. The number of carbonyl (C=O) groups is 1. The van der Waals surface area contributed by atoms with Gasteiger partial charge in [-0.2, -0.15) is 8.42 Å². The summed E-state index contributed by atoms with van der Waals surface area (Å²) in [4.78, 5) is 11.9. The summed E-state index contributed by atoms with van der Waals surface area (Å²) in [5, 5.41) is 0.914. The van der Waals surface area contributed by atoms with Crippen molar-refractivity contribution < 1.29 is 17.9 Å². The van der Waals surface area contributed by atoms with Gasteiger partial charge in [0, 0.05) is 10.0 Å². The monoisotopic (exact) mass is 430 g/mol. The molecule has 2 aromatic carbocycles. The lowest BCUT2D eigenvalue weighted by molar-refractivity contribution is -0.141. The Labute approximate surface area is 163 Å². The predicted octanol–water partition coefficient (Wildman–Crippen LogP) is 3.47. The molecule has 3 aromatic rings. The number of nitrogens with zero attached hydrogens (tertiary/aromatic N) is 2. The zero-order valence-electron chi connectivity index (χ0n) is 13.3. The smallest absolute Gasteiger partial charge is 0.325 e. The fraction of sp³-hybridized carbons (Fsp3) is 0.125. The highest BCUT2D eigenvalue weighted by Crippen LogP contribution is 2.23. The van der Waals surface area contributed by atoms with E-state index >= 15 is 0 Å². The molecule has 0 fully saturated rings. The molecule has 0 aliphatic heterocycles. The lowest BCUT2D eigenvalue weighted by Crippen LogP contribution is -2.22. The van der Waals surface area contributed by atoms with Crippen LogP contribution in [-0.2, 0) is 26.1 Å². The van der Waals surface area contributed by atoms with Crippen molar-refractivity contribution in [2.75, 3.05) is 7.11 Å². The van der Waals surface area contributed by atoms with Crippen molar-refractivity contribution in [2.45, 2.75) is 11.4 Å². The SMILES string of the molecule is COC(=O)Cn1c(=NS(=O)(=O)c2ccc(Cl)cc2)sc2cc(Cl)ccc21. The molecule has 0 unspecified atom stereocenters. The number of esters is 1. The summed E-state index contributed by atoms with van der Waals surface area (Å²) in [6.07, 6.45) is 0. The molecule has 0 radical (unpaired) electrons. The molecule has 0 spiro atoms. The predicted molar refractivity (Wildman–Crippen MR) is 101 cm³/mol. The fourth-order valence-electron chi connectivity index (χ4n) is 2.23. The minimum absolute atomic E-state index is 0.00186. The quantitative estimate of drug-likeness (QED) is 0.593. The second kappa shape index (κ2) is 7.40. The van der Waals surface area contributed by atoms with Crippen LogP contribution in [0.2, 0.25) is 10.0 Å². The molecule has 0 atom stereocenters. The van der Waals surface area contributed by atoms with Gasteiger partial charge >= 0.3 is 5.97 Å². The molecule has 0 N–H and O–H groups in total. The number of aromatic nitrogens is 1. The number of carbonyl (C=O) groups excluding carboxylic acids is 1. The van der Waals surface area contributed by atoms with Crippen molar-refractivity contribution in [3.8, 4) is 0 Å². The topological polar surface area (TPSA) is 77.7 Å². The largest absolute Gasteiger partial charge is 0.468 e. The molecule has 0 aliphatic carbocycles. The second-order valence-electron chi connectivity index (χ2n) is 5.18. The minimum atomic E-state index is -3.98. The number of rotatable bonds is 4. The Morgan fingerprint density at radius 2 is 1.81 bits per heavy atom. The van der Waals surface area contributed by atoms with Gasteiger partial charge in [0.15, 0.2) is 0 Å². The van der Waals surface area contributed by atoms with Gasteiger partial charge < -0.3 is 9.30 Å². The Hall–Kier alpha value is -1.87. The van der Waals surface area contributed by atoms with E-state index in [-0.39, 0.29) is 16.2 Å². The van der Waals surface area contributed by atoms with Crippen LogP contribution in [0.1, 0.15) is 0 Å². The van der Waals surface area contributed by atoms with E-state index in [0.717, 1.165) is 11.3 Å². The molecule has 3 rings (SSSR count). The Morgan fingerprint density at radius 3 is 2.46 bits per heavy atom. The first-order valence-corrected chi connectivity index (χ1v) is 10.2. The van der Waals surface area contributed by atoms with E-state index in [1.807, 2.05) is 0 Å². The summed E-state index contributed by atoms with van der Waals surface area (Å²) in [7, 11) is -2.72. The lowest BCUT2D eigenvalue weighted by Gasteiger charge is -2.04. The van der Waals surface area contributed by atoms with Crippen molar-refractivity contribution >= 4 is 60.7 Å². The Balaban J connectivity index is 2.22. The molecule has 136 valence electrons. The average Bonchev–Trinajstić information content (AvgIpc) is 2.90. The van der Waals surface area contributed by atoms with Crippen molar-refractivity contribution in [3.63, 3.8) is 0 Å². The maximum absolute atomic E-state index is 12.6. The van der Waals surface area contributed by atoms with E-state index in [4.69, 9.17) is 27.9 Å². The number of thiazole rings is 1. The third-order valence-electron chi connectivity index (χ3n) is 3.47. The molecule has 6 nitrogen and oxygen atoms in total. The Bertz CT molecular complexity index is 1150. The van der Waals surface area contributed by atoms with E-state index in [1.165, 1.54) is 35.9 Å². The van der Waals surface area contributed by atoms with Gasteiger partial charge in [0.1, 0.15) is 6.54 Å². The number of benzene rings is 2. The first-order chi connectivity index (χ1) is 12.3. The molecule has 26 heavy (non-hydrogen) atoms. The van der Waals surface area contributed by atoms with Gasteiger partial charge in [0.05, 0.1) is 22.2 Å². The van der Waals surface area contributed by atoms with Crippen LogP contribution >= 0.6 is 34.5 Å². The molecule has 0 saturated carbocycles. The molecule has 0 bridgehead atoms. The standard InChI is InChI=1S/C16H12Cl2N2O4S2/c1-24-15(21)9-20-13-7-4-11(18)8-14(13)25-16(20)19-26(22,23)12-5-2-10(17)3-6-12/h2-8H,9H2,1H3. The molecule has 10 heteroatoms. The van der Waals surface area contributed by atoms with Crippen LogP contribution in [0.25, 0.3) is 10.2 Å². The summed E-state index contributed by atoms with van der Waals surface area (Å²) >= 11 is 12.9. The van der Waals surface area contributed by atoms with Crippen LogP contribution in [0.3, 0.4) is 0 Å². The van der Waals surface area contributed by atoms with E-state index in [1.54, 1.807) is 18.2 Å². The van der Waals surface area contributed by atoms with Crippen molar-refractivity contribution in [1.29, 1.82) is 0 Å². The van der Waals surface area contributed by atoms with Crippen LogP contribution in [0, 0.1) is 0 Å². The summed E-state index contributed by atoms with van der Waals surface area (Å²) in [5.74, 6) is -0.523. The second-order valence-corrected chi connectivity index (χ2v) is 8.67. The molecule has 0 aliphatic rings. The zero-order valence-corrected chi connectivity index (χ0v) is 16.5. The molecule has 1 heterocycles. The van der Waals surface area contributed by atoms with Gasteiger partial charge in [-0.1, -0.05) is 34.5 Å². The van der Waals surface area contributed by atoms with Crippen molar-refractivity contribution in [1.82, 2.24) is 4.57 Å². The van der Waals surface area contributed by atoms with Crippen LogP contribution in [-0.4, -0.2) is 26.1 Å². The molecule has 0 amide bonds. The maximum atomic E-state index is 12.6. The highest BCUT2D eigenvalue weighted by molar-refractivity contribution is 7.90. The summed E-state index contributed by atoms with van der Waals surface area (Å²) < 4.78 is 36.0. The van der Waals surface area contributed by atoms with E-state index < -0.39 is 16.0 Å². The Kier molecular flexibility index (Phi) is 5.38. The Morgan fingerprint density at radius 1 is 1.15 bits per heavy atom. The third-order valence-corrected chi connectivity index (χ3v) is 6.39. The number of sulfonamides is 1. The molecule has 0 saturated heterocycles. The number of halogens is 2. The fourth-order valence-corrected chi connectivity index (χ4v) is 4.86. The highest BCUT2D eigenvalue weighted by Gasteiger charge is 2.16. The first-order valence-electron chi connectivity index (χ1n) is 7.22. The normalized spacial score (nSPS) is 12.5. The molecule has 1 aromatic heterocycles. The number of methoxy groups -OCH3 is 1. The first kappa shape index (κ1) is 18.9.